The van der Waals surface area contributed by atoms with E-state index >= 15 is 0 Å². The number of amidine groups is 1. The van der Waals surface area contributed by atoms with Gasteiger partial charge in [0.1, 0.15) is 17.6 Å². The van der Waals surface area contributed by atoms with Gasteiger partial charge in [0.05, 0.1) is 25.6 Å². The molecule has 1 aromatic heterocycles. The third kappa shape index (κ3) is 8.26. The number of aliphatic imine (C=N–C) groups is 1. The van der Waals surface area contributed by atoms with Crippen molar-refractivity contribution in [3.8, 4) is 5.88 Å². The van der Waals surface area contributed by atoms with E-state index in [1.54, 1.807) is 27.3 Å². The highest BCUT2D eigenvalue weighted by Gasteiger charge is 2.29. The van der Waals surface area contributed by atoms with Crippen molar-refractivity contribution in [2.45, 2.75) is 31.1 Å². The number of methoxy groups -OCH3 is 2. The molecular weight excluding hydrogens is 449 g/mol. The van der Waals surface area contributed by atoms with Crippen molar-refractivity contribution in [3.05, 3.63) is 47.7 Å². The molecule has 0 fully saturated rings. The van der Waals surface area contributed by atoms with Crippen LogP contribution in [0.4, 0.5) is 10.1 Å². The molecule has 0 aliphatic heterocycles. The van der Waals surface area contributed by atoms with Crippen molar-refractivity contribution in [2.75, 3.05) is 39.8 Å². The second kappa shape index (κ2) is 12.5. The van der Waals surface area contributed by atoms with Crippen LogP contribution in [0.5, 0.6) is 5.88 Å². The van der Waals surface area contributed by atoms with E-state index in [4.69, 9.17) is 19.9 Å². The fourth-order valence-electron chi connectivity index (χ4n) is 3.08. The first-order valence-electron chi connectivity index (χ1n) is 10.2. The molecule has 33 heavy (non-hydrogen) atoms. The number of ether oxygens (including phenoxy) is 3. The monoisotopic (exact) mass is 479 g/mol. The minimum Gasteiger partial charge on any atom is -0.471 e. The summed E-state index contributed by atoms with van der Waals surface area (Å²) >= 11 is 1.31. The number of nitrogens with zero attached hydrogens (tertiary/aromatic N) is 3. The number of amides is 1. The minimum atomic E-state index is -0.553. The zero-order chi connectivity index (χ0) is 24.4. The topological polar surface area (TPSA) is 121 Å². The molecule has 0 spiro atoms. The van der Waals surface area contributed by atoms with Gasteiger partial charge in [-0.25, -0.2) is 14.4 Å². The summed E-state index contributed by atoms with van der Waals surface area (Å²) < 4.78 is 29.9. The number of anilines is 1. The Bertz CT molecular complexity index is 960. The predicted molar refractivity (Wildman–Crippen MR) is 127 cm³/mol. The van der Waals surface area contributed by atoms with Crippen molar-refractivity contribution < 1.29 is 23.4 Å². The number of aromatic nitrogens is 2. The predicted octanol–water partition coefficient (Wildman–Crippen LogP) is 2.91. The minimum absolute atomic E-state index is 0.0966. The Kier molecular flexibility index (Phi) is 10.0. The Hall–Kier alpha value is -2.76. The number of nitrogens with one attached hydrogen (secondary N) is 1. The molecule has 0 aliphatic rings. The van der Waals surface area contributed by atoms with Crippen LogP contribution in [0.3, 0.4) is 0 Å². The number of benzene rings is 1. The van der Waals surface area contributed by atoms with Crippen LogP contribution >= 0.6 is 11.8 Å². The van der Waals surface area contributed by atoms with Gasteiger partial charge in [0.25, 0.3) is 5.91 Å². The smallest absolute Gasteiger partial charge is 0.275 e. The van der Waals surface area contributed by atoms with Crippen molar-refractivity contribution in [2.24, 2.45) is 10.7 Å². The fourth-order valence-corrected chi connectivity index (χ4v) is 4.08. The first-order chi connectivity index (χ1) is 15.7. The van der Waals surface area contributed by atoms with Gasteiger partial charge in [0.2, 0.25) is 5.88 Å². The fraction of sp³-hybridized carbons (Fsp3) is 0.455. The zero-order valence-corrected chi connectivity index (χ0v) is 20.2. The van der Waals surface area contributed by atoms with Crippen molar-refractivity contribution >= 4 is 28.5 Å². The molecular formula is C22H30FN5O4S. The summed E-state index contributed by atoms with van der Waals surface area (Å²) in [6.45, 7) is 4.47. The Balaban J connectivity index is 2.12. The first-order valence-corrected chi connectivity index (χ1v) is 11.0. The molecule has 1 heterocycles. The van der Waals surface area contributed by atoms with E-state index in [1.165, 1.54) is 36.3 Å². The molecule has 3 N–H and O–H groups in total. The maximum atomic E-state index is 14.6. The molecule has 0 bridgehead atoms. The number of hydrogen-bond donors (Lipinski definition) is 2. The summed E-state index contributed by atoms with van der Waals surface area (Å²) in [5, 5.41) is 3.10. The van der Waals surface area contributed by atoms with Crippen LogP contribution < -0.4 is 15.8 Å². The van der Waals surface area contributed by atoms with Gasteiger partial charge < -0.3 is 25.3 Å². The zero-order valence-electron chi connectivity index (χ0n) is 19.4. The van der Waals surface area contributed by atoms with Gasteiger partial charge in [0.15, 0.2) is 5.17 Å². The van der Waals surface area contributed by atoms with E-state index in [0.29, 0.717) is 36.1 Å². The second-order valence-corrected chi connectivity index (χ2v) is 9.22. The Morgan fingerprint density at radius 1 is 1.30 bits per heavy atom. The van der Waals surface area contributed by atoms with Gasteiger partial charge in [-0.15, -0.1) is 0 Å². The summed E-state index contributed by atoms with van der Waals surface area (Å²) in [5.74, 6) is -0.590. The molecule has 11 heteroatoms. The molecule has 0 saturated heterocycles. The number of rotatable bonds is 11. The summed E-state index contributed by atoms with van der Waals surface area (Å²) in [6, 6.07) is 4.37. The average molecular weight is 480 g/mol. The van der Waals surface area contributed by atoms with Crippen LogP contribution in [0.25, 0.3) is 0 Å². The Labute approximate surface area is 197 Å². The number of thioether (sulfide) groups is 1. The van der Waals surface area contributed by atoms with Crippen LogP contribution in [0.15, 0.2) is 35.6 Å². The third-order valence-corrected chi connectivity index (χ3v) is 5.62. The van der Waals surface area contributed by atoms with E-state index in [0.717, 1.165) is 0 Å². The third-order valence-electron chi connectivity index (χ3n) is 4.47. The summed E-state index contributed by atoms with van der Waals surface area (Å²) in [6.07, 6.45) is 2.78. The molecule has 0 saturated carbocycles. The van der Waals surface area contributed by atoms with E-state index < -0.39 is 16.5 Å². The van der Waals surface area contributed by atoms with E-state index in [-0.39, 0.29) is 17.7 Å². The molecule has 180 valence electrons. The number of hydrogen-bond acceptors (Lipinski definition) is 8. The molecule has 9 nitrogen and oxygen atoms in total. The van der Waals surface area contributed by atoms with Gasteiger partial charge in [-0.05, 0) is 44.0 Å². The number of carbonyl (C=O) groups excluding carboxylic acids is 1. The van der Waals surface area contributed by atoms with E-state index in [1.807, 2.05) is 13.8 Å². The van der Waals surface area contributed by atoms with Crippen molar-refractivity contribution in [1.82, 2.24) is 9.97 Å². The summed E-state index contributed by atoms with van der Waals surface area (Å²) in [5.41, 5.74) is 6.80. The highest BCUT2D eigenvalue weighted by Crippen LogP contribution is 2.31. The first kappa shape index (κ1) is 26.5. The van der Waals surface area contributed by atoms with Crippen LogP contribution in [0, 0.1) is 5.82 Å². The van der Waals surface area contributed by atoms with Gasteiger partial charge >= 0.3 is 0 Å². The highest BCUT2D eigenvalue weighted by atomic mass is 32.2. The number of carbonyl (C=O) groups is 1. The Morgan fingerprint density at radius 3 is 2.67 bits per heavy atom. The molecule has 2 aromatic rings. The Morgan fingerprint density at radius 2 is 2.06 bits per heavy atom. The number of halogens is 1. The summed E-state index contributed by atoms with van der Waals surface area (Å²) in [4.78, 5) is 24.7. The average Bonchev–Trinajstić information content (AvgIpc) is 2.76. The lowest BCUT2D eigenvalue weighted by atomic mass is 10.00. The molecule has 0 aliphatic carbocycles. The van der Waals surface area contributed by atoms with Crippen molar-refractivity contribution in [3.63, 3.8) is 0 Å². The van der Waals surface area contributed by atoms with Crippen LogP contribution in [-0.2, 0) is 15.9 Å². The molecule has 2 atom stereocenters. The van der Waals surface area contributed by atoms with E-state index in [2.05, 4.69) is 20.3 Å². The largest absolute Gasteiger partial charge is 0.471 e. The van der Waals surface area contributed by atoms with Crippen LogP contribution in [0.1, 0.15) is 29.9 Å². The second-order valence-electron chi connectivity index (χ2n) is 7.61. The lowest BCUT2D eigenvalue weighted by Crippen LogP contribution is -2.33. The molecule has 1 aromatic carbocycles. The number of nitrogens with two attached hydrogens (primary N) is 1. The maximum Gasteiger partial charge on any atom is 0.275 e. The lowest BCUT2D eigenvalue weighted by Gasteiger charge is -2.28. The van der Waals surface area contributed by atoms with Gasteiger partial charge in [0, 0.05) is 31.7 Å². The quantitative estimate of drug-likeness (QED) is 0.373. The van der Waals surface area contributed by atoms with E-state index in [9.17, 15) is 9.18 Å². The van der Waals surface area contributed by atoms with Crippen LogP contribution in [-0.4, -0.2) is 66.4 Å². The lowest BCUT2D eigenvalue weighted by molar-refractivity contribution is 0.0885. The molecule has 2 rings (SSSR count). The standard InChI is InChI=1S/C22H30FN5O4S/c1-14(12-30-4)32-19-11-26-18(10-27-19)20(29)28-16-6-7-17(23)15(8-16)9-22(2,13-31-5)33-21(24)25-3/h6-8,10-11,14H,9,12-13H2,1-5H3,(H2,24,25)(H,28,29)/t14-,22+/m0/s1. The van der Waals surface area contributed by atoms with Crippen LogP contribution in [0.2, 0.25) is 0 Å². The van der Waals surface area contributed by atoms with Crippen molar-refractivity contribution in [1.29, 1.82) is 0 Å². The maximum absolute atomic E-state index is 14.6. The normalized spacial score (nSPS) is 14.4. The molecule has 1 amide bonds. The summed E-state index contributed by atoms with van der Waals surface area (Å²) in [7, 11) is 4.74. The SMILES string of the molecule is CN=C(N)S[C@@](C)(COC)Cc1cc(NC(=O)c2cnc(O[C@@H](C)COC)cn2)ccc1F. The van der Waals surface area contributed by atoms with Gasteiger partial charge in [-0.1, -0.05) is 11.8 Å². The highest BCUT2D eigenvalue weighted by molar-refractivity contribution is 8.15. The molecule has 0 radical (unpaired) electrons. The molecule has 0 unspecified atom stereocenters. The van der Waals surface area contributed by atoms with Gasteiger partial charge in [-0.3, -0.25) is 9.79 Å². The van der Waals surface area contributed by atoms with Gasteiger partial charge in [-0.2, -0.15) is 0 Å².